The summed E-state index contributed by atoms with van der Waals surface area (Å²) in [6.07, 6.45) is 0. The Labute approximate surface area is 126 Å². The molecule has 2 rings (SSSR count). The number of carbonyl (C=O) groups excluding carboxylic acids is 1. The topological polar surface area (TPSA) is 61.5 Å². The normalized spacial score (nSPS) is 10.3. The second-order valence-corrected chi connectivity index (χ2v) is 4.60. The molecule has 6 heteroatoms. The first-order chi connectivity index (χ1) is 9.99. The predicted molar refractivity (Wildman–Crippen MR) is 78.8 cm³/mol. The number of methoxy groups -OCH3 is 2. The Morgan fingerprint density at radius 1 is 1.14 bits per heavy atom. The number of halogens is 2. The molecule has 0 saturated heterocycles. The SMILES string of the molecule is COc1ccc(C(=O)c2cc(F)ccc2N)c(OC)c1Cl. The molecule has 0 radical (unpaired) electrons. The lowest BCUT2D eigenvalue weighted by Crippen LogP contribution is -2.08. The molecule has 0 atom stereocenters. The first-order valence-electron chi connectivity index (χ1n) is 5.99. The van der Waals surface area contributed by atoms with E-state index >= 15 is 0 Å². The zero-order valence-electron chi connectivity index (χ0n) is 11.4. The molecule has 4 nitrogen and oxygen atoms in total. The quantitative estimate of drug-likeness (QED) is 0.695. The number of rotatable bonds is 4. The molecule has 0 unspecified atom stereocenters. The fourth-order valence-electron chi connectivity index (χ4n) is 1.94. The average molecular weight is 310 g/mol. The van der Waals surface area contributed by atoms with Crippen molar-refractivity contribution in [2.45, 2.75) is 0 Å². The summed E-state index contributed by atoms with van der Waals surface area (Å²) in [4.78, 5) is 12.5. The van der Waals surface area contributed by atoms with E-state index in [1.807, 2.05) is 0 Å². The maximum absolute atomic E-state index is 13.3. The molecule has 0 aromatic heterocycles. The number of ether oxygens (including phenoxy) is 2. The van der Waals surface area contributed by atoms with Crippen molar-refractivity contribution in [3.05, 3.63) is 52.3 Å². The van der Waals surface area contributed by atoms with E-state index in [0.717, 1.165) is 6.07 Å². The van der Waals surface area contributed by atoms with Crippen molar-refractivity contribution in [2.75, 3.05) is 20.0 Å². The molecule has 0 fully saturated rings. The van der Waals surface area contributed by atoms with Gasteiger partial charge in [0.25, 0.3) is 0 Å². The van der Waals surface area contributed by atoms with Crippen molar-refractivity contribution in [1.29, 1.82) is 0 Å². The summed E-state index contributed by atoms with van der Waals surface area (Å²) < 4.78 is 23.5. The van der Waals surface area contributed by atoms with Crippen molar-refractivity contribution in [2.24, 2.45) is 0 Å². The molecule has 0 saturated carbocycles. The van der Waals surface area contributed by atoms with Crippen LogP contribution in [0.4, 0.5) is 10.1 Å². The zero-order valence-corrected chi connectivity index (χ0v) is 12.2. The second kappa shape index (κ2) is 6.01. The number of anilines is 1. The highest BCUT2D eigenvalue weighted by molar-refractivity contribution is 6.34. The third-order valence-electron chi connectivity index (χ3n) is 2.99. The van der Waals surface area contributed by atoms with Crippen LogP contribution in [0.3, 0.4) is 0 Å². The summed E-state index contributed by atoms with van der Waals surface area (Å²) in [5.74, 6) is -0.499. The molecular weight excluding hydrogens is 297 g/mol. The number of benzene rings is 2. The van der Waals surface area contributed by atoms with Crippen LogP contribution < -0.4 is 15.2 Å². The van der Waals surface area contributed by atoms with E-state index < -0.39 is 11.6 Å². The van der Waals surface area contributed by atoms with Gasteiger partial charge in [0.05, 0.1) is 19.8 Å². The van der Waals surface area contributed by atoms with Crippen LogP contribution in [-0.2, 0) is 0 Å². The summed E-state index contributed by atoms with van der Waals surface area (Å²) in [5.41, 5.74) is 6.14. The van der Waals surface area contributed by atoms with Gasteiger partial charge in [0.15, 0.2) is 11.5 Å². The van der Waals surface area contributed by atoms with Gasteiger partial charge in [-0.25, -0.2) is 4.39 Å². The highest BCUT2D eigenvalue weighted by atomic mass is 35.5. The Morgan fingerprint density at radius 2 is 1.86 bits per heavy atom. The molecule has 0 amide bonds. The van der Waals surface area contributed by atoms with Gasteiger partial charge >= 0.3 is 0 Å². The second-order valence-electron chi connectivity index (χ2n) is 4.22. The van der Waals surface area contributed by atoms with E-state index in [2.05, 4.69) is 0 Å². The Bertz CT molecular complexity index is 704. The number of nitrogen functional groups attached to an aromatic ring is 1. The van der Waals surface area contributed by atoms with Crippen LogP contribution in [0.25, 0.3) is 0 Å². The number of hydrogen-bond donors (Lipinski definition) is 1. The summed E-state index contributed by atoms with van der Waals surface area (Å²) in [6, 6.07) is 6.63. The van der Waals surface area contributed by atoms with E-state index in [1.54, 1.807) is 0 Å². The Kier molecular flexibility index (Phi) is 4.33. The minimum absolute atomic E-state index is 0.0505. The van der Waals surface area contributed by atoms with Gasteiger partial charge in [0.2, 0.25) is 0 Å². The van der Waals surface area contributed by atoms with Gasteiger partial charge in [-0.3, -0.25) is 4.79 Å². The molecule has 0 spiro atoms. The fourth-order valence-corrected chi connectivity index (χ4v) is 2.26. The fraction of sp³-hybridized carbons (Fsp3) is 0.133. The lowest BCUT2D eigenvalue weighted by atomic mass is 10.0. The summed E-state index contributed by atoms with van der Waals surface area (Å²) in [7, 11) is 2.83. The van der Waals surface area contributed by atoms with Gasteiger partial charge in [-0.05, 0) is 30.3 Å². The van der Waals surface area contributed by atoms with Crippen LogP contribution in [-0.4, -0.2) is 20.0 Å². The zero-order chi connectivity index (χ0) is 15.6. The molecule has 0 bridgehead atoms. The van der Waals surface area contributed by atoms with Gasteiger partial charge < -0.3 is 15.2 Å². The van der Waals surface area contributed by atoms with Gasteiger partial charge in [0.1, 0.15) is 16.6 Å². The van der Waals surface area contributed by atoms with Gasteiger partial charge in [-0.2, -0.15) is 0 Å². The largest absolute Gasteiger partial charge is 0.495 e. The highest BCUT2D eigenvalue weighted by Gasteiger charge is 2.21. The van der Waals surface area contributed by atoms with Crippen molar-refractivity contribution in [3.63, 3.8) is 0 Å². The first kappa shape index (κ1) is 15.1. The number of carbonyl (C=O) groups is 1. The minimum Gasteiger partial charge on any atom is -0.495 e. The van der Waals surface area contributed by atoms with E-state index in [9.17, 15) is 9.18 Å². The predicted octanol–water partition coefficient (Wildman–Crippen LogP) is 3.31. The standard InChI is InChI=1S/C15H13ClFNO3/c1-20-12-6-4-9(15(21-2)13(12)16)14(19)10-7-8(17)3-5-11(10)18/h3-7H,18H2,1-2H3. The van der Waals surface area contributed by atoms with Crippen LogP contribution >= 0.6 is 11.6 Å². The summed E-state index contributed by atoms with van der Waals surface area (Å²) in [6.45, 7) is 0. The number of ketones is 1. The van der Waals surface area contributed by atoms with E-state index in [1.165, 1.54) is 38.5 Å². The van der Waals surface area contributed by atoms with Crippen LogP contribution in [0, 0.1) is 5.82 Å². The third kappa shape index (κ3) is 2.78. The molecule has 2 aromatic rings. The molecule has 0 aliphatic carbocycles. The molecule has 0 heterocycles. The van der Waals surface area contributed by atoms with Crippen molar-refractivity contribution in [3.8, 4) is 11.5 Å². The first-order valence-corrected chi connectivity index (χ1v) is 6.37. The molecular formula is C15H13ClFNO3. The minimum atomic E-state index is -0.550. The van der Waals surface area contributed by atoms with Gasteiger partial charge in [-0.1, -0.05) is 11.6 Å². The smallest absolute Gasteiger partial charge is 0.198 e. The lowest BCUT2D eigenvalue weighted by Gasteiger charge is -2.13. The van der Waals surface area contributed by atoms with E-state index in [-0.39, 0.29) is 27.6 Å². The van der Waals surface area contributed by atoms with E-state index in [0.29, 0.717) is 5.75 Å². The van der Waals surface area contributed by atoms with Gasteiger partial charge in [0, 0.05) is 11.3 Å². The Morgan fingerprint density at radius 3 is 2.48 bits per heavy atom. The maximum atomic E-state index is 13.3. The van der Waals surface area contributed by atoms with Crippen LogP contribution in [0.15, 0.2) is 30.3 Å². The third-order valence-corrected chi connectivity index (χ3v) is 3.35. The van der Waals surface area contributed by atoms with Crippen molar-refractivity contribution in [1.82, 2.24) is 0 Å². The molecule has 2 aromatic carbocycles. The maximum Gasteiger partial charge on any atom is 0.198 e. The summed E-state index contributed by atoms with van der Waals surface area (Å²) in [5, 5.41) is 0.167. The molecule has 0 aliphatic heterocycles. The summed E-state index contributed by atoms with van der Waals surface area (Å²) >= 11 is 6.11. The number of nitrogens with two attached hydrogens (primary N) is 1. The van der Waals surface area contributed by atoms with Crippen LogP contribution in [0.1, 0.15) is 15.9 Å². The molecule has 110 valence electrons. The van der Waals surface area contributed by atoms with Crippen molar-refractivity contribution < 1.29 is 18.7 Å². The molecule has 21 heavy (non-hydrogen) atoms. The van der Waals surface area contributed by atoms with Crippen LogP contribution in [0.2, 0.25) is 5.02 Å². The monoisotopic (exact) mass is 309 g/mol. The molecule has 2 N–H and O–H groups in total. The Balaban J connectivity index is 2.58. The molecule has 0 aliphatic rings. The average Bonchev–Trinajstić information content (AvgIpc) is 2.48. The number of hydrogen-bond acceptors (Lipinski definition) is 4. The van der Waals surface area contributed by atoms with Crippen molar-refractivity contribution >= 4 is 23.1 Å². The van der Waals surface area contributed by atoms with Gasteiger partial charge in [-0.15, -0.1) is 0 Å². The van der Waals surface area contributed by atoms with E-state index in [4.69, 9.17) is 26.8 Å². The lowest BCUT2D eigenvalue weighted by molar-refractivity contribution is 0.103. The Hall–Kier alpha value is -2.27. The van der Waals surface area contributed by atoms with Crippen LogP contribution in [0.5, 0.6) is 11.5 Å². The highest BCUT2D eigenvalue weighted by Crippen LogP contribution is 2.38.